The van der Waals surface area contributed by atoms with Crippen molar-refractivity contribution in [1.82, 2.24) is 14.1 Å². The summed E-state index contributed by atoms with van der Waals surface area (Å²) in [6, 6.07) is 12.5. The van der Waals surface area contributed by atoms with Gasteiger partial charge in [-0.3, -0.25) is 14.6 Å². The van der Waals surface area contributed by atoms with Crippen LogP contribution in [0, 0.1) is 0 Å². The number of anilines is 1. The number of fused-ring (bicyclic) bond motifs is 1. The minimum absolute atomic E-state index is 0.157. The minimum Gasteiger partial charge on any atom is -0.454 e. The van der Waals surface area contributed by atoms with E-state index in [2.05, 4.69) is 21.2 Å². The second-order valence-electron chi connectivity index (χ2n) is 8.83. The maximum absolute atomic E-state index is 12.9. The van der Waals surface area contributed by atoms with Crippen LogP contribution in [0.5, 0.6) is 11.5 Å². The smallest absolute Gasteiger partial charge is 0.243 e. The molecule has 0 saturated carbocycles. The number of carbonyl (C=O) groups is 1. The Bertz CT molecular complexity index is 1160. The van der Waals surface area contributed by atoms with Crippen LogP contribution in [0.1, 0.15) is 5.56 Å². The number of rotatable bonds is 7. The van der Waals surface area contributed by atoms with E-state index in [0.29, 0.717) is 32.0 Å². The van der Waals surface area contributed by atoms with Crippen molar-refractivity contribution in [1.29, 1.82) is 0 Å². The third kappa shape index (κ3) is 5.76. The predicted molar refractivity (Wildman–Crippen MR) is 129 cm³/mol. The van der Waals surface area contributed by atoms with Gasteiger partial charge in [-0.05, 0) is 35.9 Å². The second-order valence-corrected chi connectivity index (χ2v) is 10.8. The minimum atomic E-state index is -3.61. The van der Waals surface area contributed by atoms with Crippen LogP contribution in [0.25, 0.3) is 0 Å². The molecule has 0 radical (unpaired) electrons. The van der Waals surface area contributed by atoms with E-state index in [-0.39, 0.29) is 24.1 Å². The Kier molecular flexibility index (Phi) is 7.21. The van der Waals surface area contributed by atoms with Crippen molar-refractivity contribution in [3.8, 4) is 11.5 Å². The number of nitrogens with zero attached hydrogens (tertiary/aromatic N) is 3. The van der Waals surface area contributed by atoms with Crippen LogP contribution >= 0.6 is 0 Å². The van der Waals surface area contributed by atoms with Crippen LogP contribution in [0.3, 0.4) is 0 Å². The zero-order chi connectivity index (χ0) is 24.3. The number of nitrogens with one attached hydrogen (secondary N) is 1. The summed E-state index contributed by atoms with van der Waals surface area (Å²) in [5.74, 6) is 1.42. The lowest BCUT2D eigenvalue weighted by molar-refractivity contribution is -0.117. The van der Waals surface area contributed by atoms with E-state index in [1.165, 1.54) is 15.9 Å². The molecule has 1 N–H and O–H groups in total. The number of hydrogen-bond acceptors (Lipinski definition) is 8. The molecule has 0 atom stereocenters. The van der Waals surface area contributed by atoms with Crippen molar-refractivity contribution in [3.05, 3.63) is 48.0 Å². The number of piperazine rings is 1. The van der Waals surface area contributed by atoms with Crippen LogP contribution in [0.2, 0.25) is 0 Å². The monoisotopic (exact) mass is 502 g/mol. The molecule has 2 aromatic rings. The molecule has 2 saturated heterocycles. The molecule has 3 heterocycles. The lowest BCUT2D eigenvalue weighted by atomic mass is 10.1. The summed E-state index contributed by atoms with van der Waals surface area (Å²) >= 11 is 0. The fourth-order valence-electron chi connectivity index (χ4n) is 4.48. The quantitative estimate of drug-likeness (QED) is 0.603. The highest BCUT2D eigenvalue weighted by atomic mass is 32.2. The number of morpholine rings is 1. The maximum atomic E-state index is 12.9. The first kappa shape index (κ1) is 24.0. The molecule has 188 valence electrons. The van der Waals surface area contributed by atoms with Crippen LogP contribution in [0.4, 0.5) is 5.69 Å². The summed E-state index contributed by atoms with van der Waals surface area (Å²) in [5.41, 5.74) is 1.65. The average molecular weight is 503 g/mol. The Hall–Kier alpha value is -2.70. The topological polar surface area (TPSA) is 101 Å². The molecule has 3 aliphatic heterocycles. The number of amides is 1. The zero-order valence-electron chi connectivity index (χ0n) is 19.5. The molecule has 0 spiro atoms. The van der Waals surface area contributed by atoms with E-state index in [9.17, 15) is 13.2 Å². The Labute approximate surface area is 205 Å². The van der Waals surface area contributed by atoms with Gasteiger partial charge in [0.05, 0.1) is 24.7 Å². The van der Waals surface area contributed by atoms with Gasteiger partial charge in [0.1, 0.15) is 0 Å². The molecule has 0 aliphatic carbocycles. The standard InChI is InChI=1S/C24H30N4O6S/c29-24(25-20-2-1-3-21(15-20)35(30,31)28-10-12-32-13-11-28)17-27-8-6-26(7-9-27)16-19-4-5-22-23(14-19)34-18-33-22/h1-5,14-15H,6-13,16-18H2,(H,25,29). The first-order valence-electron chi connectivity index (χ1n) is 11.8. The van der Waals surface area contributed by atoms with Crippen LogP contribution in [-0.4, -0.2) is 94.3 Å². The van der Waals surface area contributed by atoms with Crippen LogP contribution < -0.4 is 14.8 Å². The molecule has 10 nitrogen and oxygen atoms in total. The van der Waals surface area contributed by atoms with Gasteiger partial charge >= 0.3 is 0 Å². The van der Waals surface area contributed by atoms with Gasteiger partial charge < -0.3 is 19.5 Å². The van der Waals surface area contributed by atoms with Gasteiger partial charge in [0.15, 0.2) is 11.5 Å². The Balaban J connectivity index is 1.11. The highest BCUT2D eigenvalue weighted by Gasteiger charge is 2.27. The molecule has 2 aromatic carbocycles. The van der Waals surface area contributed by atoms with E-state index < -0.39 is 10.0 Å². The lowest BCUT2D eigenvalue weighted by Crippen LogP contribution is -2.48. The van der Waals surface area contributed by atoms with Crippen molar-refractivity contribution in [2.45, 2.75) is 11.4 Å². The van der Waals surface area contributed by atoms with Gasteiger partial charge in [0.25, 0.3) is 0 Å². The SMILES string of the molecule is O=C(CN1CCN(Cc2ccc3c(c2)OCO3)CC1)Nc1cccc(S(=O)(=O)N2CCOCC2)c1. The zero-order valence-corrected chi connectivity index (χ0v) is 20.3. The number of sulfonamides is 1. The Morgan fingerprint density at radius 2 is 1.63 bits per heavy atom. The van der Waals surface area contributed by atoms with Crippen LogP contribution in [0.15, 0.2) is 47.4 Å². The van der Waals surface area contributed by atoms with Crippen molar-refractivity contribution in [2.24, 2.45) is 0 Å². The number of hydrogen-bond donors (Lipinski definition) is 1. The van der Waals surface area contributed by atoms with Gasteiger partial charge in [0.2, 0.25) is 22.7 Å². The van der Waals surface area contributed by atoms with Crippen LogP contribution in [-0.2, 0) is 26.1 Å². The van der Waals surface area contributed by atoms with Gasteiger partial charge in [-0.25, -0.2) is 8.42 Å². The molecular formula is C24H30N4O6S. The molecule has 2 fully saturated rings. The predicted octanol–water partition coefficient (Wildman–Crippen LogP) is 1.19. The molecule has 0 unspecified atom stereocenters. The number of carbonyl (C=O) groups excluding carboxylic acids is 1. The number of benzene rings is 2. The third-order valence-corrected chi connectivity index (χ3v) is 8.30. The van der Waals surface area contributed by atoms with Gasteiger partial charge in [-0.2, -0.15) is 4.31 Å². The molecule has 0 aromatic heterocycles. The highest BCUT2D eigenvalue weighted by Crippen LogP contribution is 2.32. The Morgan fingerprint density at radius 3 is 2.43 bits per heavy atom. The van der Waals surface area contributed by atoms with Gasteiger partial charge in [-0.15, -0.1) is 0 Å². The molecule has 1 amide bonds. The second kappa shape index (κ2) is 10.5. The number of ether oxygens (including phenoxy) is 3. The van der Waals surface area contributed by atoms with Crippen molar-refractivity contribution in [3.63, 3.8) is 0 Å². The maximum Gasteiger partial charge on any atom is 0.243 e. The first-order chi connectivity index (χ1) is 17.0. The average Bonchev–Trinajstić information content (AvgIpc) is 3.34. The molecule has 3 aliphatic rings. The summed E-state index contributed by atoms with van der Waals surface area (Å²) in [6.07, 6.45) is 0. The summed E-state index contributed by atoms with van der Waals surface area (Å²) in [7, 11) is -3.61. The summed E-state index contributed by atoms with van der Waals surface area (Å²) < 4.78 is 43.3. The van der Waals surface area contributed by atoms with E-state index in [4.69, 9.17) is 14.2 Å². The van der Waals surface area contributed by atoms with Crippen molar-refractivity contribution < 1.29 is 27.4 Å². The first-order valence-corrected chi connectivity index (χ1v) is 13.2. The highest BCUT2D eigenvalue weighted by molar-refractivity contribution is 7.89. The fraction of sp³-hybridized carbons (Fsp3) is 0.458. The van der Waals surface area contributed by atoms with E-state index >= 15 is 0 Å². The van der Waals surface area contributed by atoms with E-state index in [1.807, 2.05) is 12.1 Å². The molecule has 35 heavy (non-hydrogen) atoms. The molecule has 5 rings (SSSR count). The third-order valence-electron chi connectivity index (χ3n) is 6.40. The molecular weight excluding hydrogens is 472 g/mol. The molecule has 0 bridgehead atoms. The fourth-order valence-corrected chi connectivity index (χ4v) is 5.93. The largest absolute Gasteiger partial charge is 0.454 e. The lowest BCUT2D eigenvalue weighted by Gasteiger charge is -2.34. The normalized spacial score (nSPS) is 19.5. The summed E-state index contributed by atoms with van der Waals surface area (Å²) in [4.78, 5) is 17.3. The summed E-state index contributed by atoms with van der Waals surface area (Å²) in [6.45, 7) is 6.07. The van der Waals surface area contributed by atoms with E-state index in [0.717, 1.165) is 44.2 Å². The summed E-state index contributed by atoms with van der Waals surface area (Å²) in [5, 5.41) is 2.85. The van der Waals surface area contributed by atoms with Gasteiger partial charge in [0, 0.05) is 51.5 Å². The van der Waals surface area contributed by atoms with Crippen molar-refractivity contribution in [2.75, 3.05) is 71.1 Å². The van der Waals surface area contributed by atoms with Gasteiger partial charge in [-0.1, -0.05) is 12.1 Å². The molecule has 11 heteroatoms. The van der Waals surface area contributed by atoms with Crippen molar-refractivity contribution >= 4 is 21.6 Å². The Morgan fingerprint density at radius 1 is 0.886 bits per heavy atom. The van der Waals surface area contributed by atoms with E-state index in [1.54, 1.807) is 18.2 Å².